The van der Waals surface area contributed by atoms with Crippen LogP contribution in [-0.4, -0.2) is 18.4 Å². The number of nitrogens with zero attached hydrogens (tertiary/aromatic N) is 1. The monoisotopic (exact) mass is 369 g/mol. The molecule has 0 aliphatic heterocycles. The molecule has 0 fully saturated rings. The minimum atomic E-state index is -3.70. The summed E-state index contributed by atoms with van der Waals surface area (Å²) in [6, 6.07) is 5.05. The number of thiazole rings is 1. The van der Waals surface area contributed by atoms with E-state index in [2.05, 4.69) is 28.5 Å². The van der Waals surface area contributed by atoms with Crippen LogP contribution in [0.3, 0.4) is 0 Å². The lowest BCUT2D eigenvalue weighted by Gasteiger charge is -2.04. The largest absolute Gasteiger partial charge is 0.360 e. The fourth-order valence-corrected chi connectivity index (χ4v) is 4.93. The molecule has 5 nitrogen and oxygen atoms in total. The number of halogens is 1. The van der Waals surface area contributed by atoms with Gasteiger partial charge in [-0.2, -0.15) is 0 Å². The Kier molecular flexibility index (Phi) is 4.35. The van der Waals surface area contributed by atoms with Gasteiger partial charge in [-0.3, -0.25) is 4.72 Å². The standard InChI is InChI=1S/C15H16ClN3O2S2/c1-9(2)5-11-7-18-15(22-11)19-23(20,21)14-8-17-13-6-10(16)3-4-12(13)14/h3-4,6-9,17H,5H2,1-2H3,(H,18,19). The number of rotatable bonds is 5. The lowest BCUT2D eigenvalue weighted by atomic mass is 10.1. The van der Waals surface area contributed by atoms with Gasteiger partial charge in [-0.05, 0) is 30.5 Å². The topological polar surface area (TPSA) is 74.8 Å². The highest BCUT2D eigenvalue weighted by Gasteiger charge is 2.20. The predicted molar refractivity (Wildman–Crippen MR) is 94.8 cm³/mol. The molecule has 0 unspecified atom stereocenters. The molecule has 0 saturated heterocycles. The summed E-state index contributed by atoms with van der Waals surface area (Å²) in [7, 11) is -3.70. The fraction of sp³-hybridized carbons (Fsp3) is 0.267. The van der Waals surface area contributed by atoms with Crippen molar-refractivity contribution in [2.45, 2.75) is 25.2 Å². The second-order valence-corrected chi connectivity index (χ2v) is 8.88. The molecule has 2 N–H and O–H groups in total. The van der Waals surface area contributed by atoms with Gasteiger partial charge in [-0.15, -0.1) is 11.3 Å². The van der Waals surface area contributed by atoms with Crippen LogP contribution in [0.4, 0.5) is 5.13 Å². The van der Waals surface area contributed by atoms with Crippen molar-refractivity contribution in [1.29, 1.82) is 0 Å². The zero-order chi connectivity index (χ0) is 16.6. The van der Waals surface area contributed by atoms with E-state index in [0.29, 0.717) is 27.0 Å². The minimum Gasteiger partial charge on any atom is -0.360 e. The first-order chi connectivity index (χ1) is 10.8. The zero-order valence-corrected chi connectivity index (χ0v) is 15.0. The average Bonchev–Trinajstić information content (AvgIpc) is 3.04. The fourth-order valence-electron chi connectivity index (χ4n) is 2.32. The maximum Gasteiger partial charge on any atom is 0.265 e. The second kappa shape index (κ2) is 6.14. The summed E-state index contributed by atoms with van der Waals surface area (Å²) in [5, 5.41) is 1.53. The number of aromatic amines is 1. The number of nitrogens with one attached hydrogen (secondary N) is 2. The number of hydrogen-bond donors (Lipinski definition) is 2. The van der Waals surface area contributed by atoms with E-state index in [1.807, 2.05) is 0 Å². The zero-order valence-electron chi connectivity index (χ0n) is 12.6. The highest BCUT2D eigenvalue weighted by atomic mass is 35.5. The highest BCUT2D eigenvalue weighted by molar-refractivity contribution is 7.93. The Labute approximate surface area is 143 Å². The summed E-state index contributed by atoms with van der Waals surface area (Å²) in [5.74, 6) is 0.498. The molecule has 0 aliphatic rings. The van der Waals surface area contributed by atoms with Crippen LogP contribution in [0.25, 0.3) is 10.9 Å². The normalized spacial score (nSPS) is 12.2. The number of benzene rings is 1. The third-order valence-electron chi connectivity index (χ3n) is 3.28. The number of fused-ring (bicyclic) bond motifs is 1. The molecule has 122 valence electrons. The minimum absolute atomic E-state index is 0.185. The van der Waals surface area contributed by atoms with Gasteiger partial charge in [0.25, 0.3) is 10.0 Å². The maximum absolute atomic E-state index is 12.6. The molecule has 1 aromatic carbocycles. The van der Waals surface area contributed by atoms with Gasteiger partial charge >= 0.3 is 0 Å². The van der Waals surface area contributed by atoms with E-state index < -0.39 is 10.0 Å². The predicted octanol–water partition coefficient (Wildman–Crippen LogP) is 4.28. The molecule has 8 heteroatoms. The lowest BCUT2D eigenvalue weighted by molar-refractivity contribution is 0.602. The van der Waals surface area contributed by atoms with Crippen molar-refractivity contribution in [2.24, 2.45) is 5.92 Å². The Morgan fingerprint density at radius 1 is 1.39 bits per heavy atom. The van der Waals surface area contributed by atoms with E-state index in [1.165, 1.54) is 17.5 Å². The first kappa shape index (κ1) is 16.3. The van der Waals surface area contributed by atoms with Crippen molar-refractivity contribution < 1.29 is 8.42 Å². The first-order valence-corrected chi connectivity index (χ1v) is 9.77. The SMILES string of the molecule is CC(C)Cc1cnc(NS(=O)(=O)c2c[nH]c3cc(Cl)ccc23)s1. The Hall–Kier alpha value is -1.57. The number of sulfonamides is 1. The summed E-state index contributed by atoms with van der Waals surface area (Å²) in [4.78, 5) is 8.33. The average molecular weight is 370 g/mol. The van der Waals surface area contributed by atoms with Crippen molar-refractivity contribution in [3.63, 3.8) is 0 Å². The number of aromatic nitrogens is 2. The summed E-state index contributed by atoms with van der Waals surface area (Å²) in [5.41, 5.74) is 0.678. The molecule has 0 atom stereocenters. The van der Waals surface area contributed by atoms with Crippen LogP contribution in [0.1, 0.15) is 18.7 Å². The van der Waals surface area contributed by atoms with Gasteiger partial charge < -0.3 is 4.98 Å². The third-order valence-corrected chi connectivity index (χ3v) is 5.96. The van der Waals surface area contributed by atoms with Gasteiger partial charge in [0, 0.05) is 33.2 Å². The molecule has 3 aromatic rings. The molecular formula is C15H16ClN3O2S2. The van der Waals surface area contributed by atoms with Gasteiger partial charge in [0.2, 0.25) is 0 Å². The Morgan fingerprint density at radius 2 is 2.17 bits per heavy atom. The molecule has 0 amide bonds. The van der Waals surface area contributed by atoms with Gasteiger partial charge in [0.05, 0.1) is 0 Å². The molecule has 2 aromatic heterocycles. The number of H-pyrrole nitrogens is 1. The Balaban J connectivity index is 1.90. The van der Waals surface area contributed by atoms with Crippen LogP contribution in [0.15, 0.2) is 35.5 Å². The molecule has 0 saturated carbocycles. The van der Waals surface area contributed by atoms with Crippen LogP contribution in [-0.2, 0) is 16.4 Å². The quantitative estimate of drug-likeness (QED) is 0.704. The summed E-state index contributed by atoms with van der Waals surface area (Å²) in [6.45, 7) is 4.22. The molecule has 0 spiro atoms. The van der Waals surface area contributed by atoms with Gasteiger partial charge in [0.1, 0.15) is 4.90 Å². The maximum atomic E-state index is 12.6. The van der Waals surface area contributed by atoms with Gasteiger partial charge in [0.15, 0.2) is 5.13 Å². The van der Waals surface area contributed by atoms with E-state index in [4.69, 9.17) is 11.6 Å². The Morgan fingerprint density at radius 3 is 2.91 bits per heavy atom. The molecule has 3 rings (SSSR count). The summed E-state index contributed by atoms with van der Waals surface area (Å²) in [6.07, 6.45) is 4.06. The Bertz CT molecular complexity index is 945. The molecule has 0 aliphatic carbocycles. The highest BCUT2D eigenvalue weighted by Crippen LogP contribution is 2.28. The van der Waals surface area contributed by atoms with Crippen molar-refractivity contribution in [3.05, 3.63) is 40.5 Å². The number of anilines is 1. The first-order valence-electron chi connectivity index (χ1n) is 7.09. The van der Waals surface area contributed by atoms with Crippen LogP contribution in [0, 0.1) is 5.92 Å². The van der Waals surface area contributed by atoms with E-state index >= 15 is 0 Å². The number of hydrogen-bond acceptors (Lipinski definition) is 4. The molecule has 0 radical (unpaired) electrons. The second-order valence-electron chi connectivity index (χ2n) is 5.68. The van der Waals surface area contributed by atoms with E-state index in [9.17, 15) is 8.42 Å². The van der Waals surface area contributed by atoms with Crippen LogP contribution >= 0.6 is 22.9 Å². The third kappa shape index (κ3) is 3.52. The molecule has 0 bridgehead atoms. The van der Waals surface area contributed by atoms with E-state index in [1.54, 1.807) is 24.4 Å². The van der Waals surface area contributed by atoms with Crippen LogP contribution < -0.4 is 4.72 Å². The van der Waals surface area contributed by atoms with Crippen molar-refractivity contribution in [2.75, 3.05) is 4.72 Å². The molecule has 2 heterocycles. The van der Waals surface area contributed by atoms with Crippen molar-refractivity contribution >= 4 is 49.0 Å². The lowest BCUT2D eigenvalue weighted by Crippen LogP contribution is -2.12. The van der Waals surface area contributed by atoms with E-state index in [-0.39, 0.29) is 4.90 Å². The molecule has 23 heavy (non-hydrogen) atoms. The van der Waals surface area contributed by atoms with Crippen LogP contribution in [0.5, 0.6) is 0 Å². The summed E-state index contributed by atoms with van der Waals surface area (Å²) < 4.78 is 27.7. The molecular weight excluding hydrogens is 354 g/mol. The van der Waals surface area contributed by atoms with Crippen molar-refractivity contribution in [1.82, 2.24) is 9.97 Å². The van der Waals surface area contributed by atoms with Crippen molar-refractivity contribution in [3.8, 4) is 0 Å². The summed E-state index contributed by atoms with van der Waals surface area (Å²) >= 11 is 7.28. The van der Waals surface area contributed by atoms with Gasteiger partial charge in [-0.1, -0.05) is 25.4 Å². The van der Waals surface area contributed by atoms with E-state index in [0.717, 1.165) is 11.3 Å². The van der Waals surface area contributed by atoms with Crippen LogP contribution in [0.2, 0.25) is 5.02 Å². The smallest absolute Gasteiger partial charge is 0.265 e. The van der Waals surface area contributed by atoms with Gasteiger partial charge in [-0.25, -0.2) is 13.4 Å².